The van der Waals surface area contributed by atoms with Crippen molar-refractivity contribution in [3.05, 3.63) is 36.5 Å². The fourth-order valence-electron chi connectivity index (χ4n) is 3.40. The molecule has 1 fully saturated rings. The van der Waals surface area contributed by atoms with Crippen LogP contribution in [0.3, 0.4) is 0 Å². The fraction of sp³-hybridized carbons (Fsp3) is 0.400. The van der Waals surface area contributed by atoms with E-state index in [1.165, 1.54) is 5.56 Å². The molecule has 3 aromatic heterocycles. The minimum atomic E-state index is -5.08. The highest BCUT2D eigenvalue weighted by molar-refractivity contribution is 5.91. The number of ether oxygens (including phenoxy) is 1. The minimum absolute atomic E-state index is 0.789. The molecule has 0 aromatic carbocycles. The van der Waals surface area contributed by atoms with Gasteiger partial charge in [-0.25, -0.2) is 14.8 Å². The van der Waals surface area contributed by atoms with Crippen molar-refractivity contribution in [1.82, 2.24) is 19.9 Å². The average molecular weight is 452 g/mol. The number of rotatable bonds is 4. The van der Waals surface area contributed by atoms with E-state index in [-0.39, 0.29) is 0 Å². The summed E-state index contributed by atoms with van der Waals surface area (Å²) < 4.78 is 37.0. The van der Waals surface area contributed by atoms with Crippen LogP contribution >= 0.6 is 0 Å². The van der Waals surface area contributed by atoms with Gasteiger partial charge in [0.2, 0.25) is 0 Å². The molecule has 0 unspecified atom stereocenters. The van der Waals surface area contributed by atoms with Gasteiger partial charge < -0.3 is 24.6 Å². The maximum Gasteiger partial charge on any atom is 0.490 e. The maximum absolute atomic E-state index is 10.6. The number of carboxylic acid groups (broad SMARTS) is 1. The number of carboxylic acids is 1. The van der Waals surface area contributed by atoms with Crippen molar-refractivity contribution in [2.45, 2.75) is 19.5 Å². The summed E-state index contributed by atoms with van der Waals surface area (Å²) in [5.41, 5.74) is 3.29. The molecule has 12 heteroatoms. The predicted molar refractivity (Wildman–Crippen MR) is 112 cm³/mol. The van der Waals surface area contributed by atoms with Gasteiger partial charge in [0.15, 0.2) is 0 Å². The van der Waals surface area contributed by atoms with E-state index in [1.807, 2.05) is 18.5 Å². The van der Waals surface area contributed by atoms with E-state index >= 15 is 0 Å². The molecule has 0 amide bonds. The van der Waals surface area contributed by atoms with Gasteiger partial charge in [0.25, 0.3) is 0 Å². The summed E-state index contributed by atoms with van der Waals surface area (Å²) in [6.07, 6.45) is 3.20. The average Bonchev–Trinajstić information content (AvgIpc) is 3.22. The van der Waals surface area contributed by atoms with Crippen molar-refractivity contribution < 1.29 is 27.8 Å². The number of methoxy groups -OCH3 is 1. The Kier molecular flexibility index (Phi) is 7.01. The van der Waals surface area contributed by atoms with E-state index in [4.69, 9.17) is 14.6 Å². The molecule has 4 rings (SSSR count). The smallest absolute Gasteiger partial charge is 0.490 e. The Morgan fingerprint density at radius 1 is 1.19 bits per heavy atom. The molecule has 0 bridgehead atoms. The molecule has 1 aliphatic heterocycles. The molecule has 172 valence electrons. The second-order valence-corrected chi connectivity index (χ2v) is 6.95. The van der Waals surface area contributed by atoms with Crippen LogP contribution < -0.4 is 14.5 Å². The van der Waals surface area contributed by atoms with Crippen LogP contribution in [0.1, 0.15) is 12.5 Å². The van der Waals surface area contributed by atoms with Gasteiger partial charge in [0.05, 0.1) is 30.6 Å². The number of nitrogens with one attached hydrogen (secondary N) is 1. The molecule has 4 heterocycles. The molecule has 3 aromatic rings. The first-order valence-corrected chi connectivity index (χ1v) is 9.84. The summed E-state index contributed by atoms with van der Waals surface area (Å²) in [7, 11) is 1.67. The van der Waals surface area contributed by atoms with Gasteiger partial charge in [-0.05, 0) is 12.0 Å². The van der Waals surface area contributed by atoms with Crippen LogP contribution in [0.25, 0.3) is 11.0 Å². The summed E-state index contributed by atoms with van der Waals surface area (Å²) in [4.78, 5) is 30.0. The third kappa shape index (κ3) is 5.18. The molecule has 9 nitrogen and oxygen atoms in total. The zero-order valence-corrected chi connectivity index (χ0v) is 17.6. The molecule has 0 saturated carbocycles. The molecule has 2 N–H and O–H groups in total. The van der Waals surface area contributed by atoms with E-state index in [9.17, 15) is 13.2 Å². The number of hydrogen-bond acceptors (Lipinski definition) is 7. The molecule has 0 aliphatic carbocycles. The van der Waals surface area contributed by atoms with Gasteiger partial charge in [-0.3, -0.25) is 4.98 Å². The SMILES string of the molecule is CCc1c[nH]c2ncnc(N3CCN(c4cncc(OC)c4)CC3)c12.O=C(O)C(F)(F)F. The first-order valence-electron chi connectivity index (χ1n) is 9.84. The number of pyridine rings is 1. The molecular weight excluding hydrogens is 429 g/mol. The lowest BCUT2D eigenvalue weighted by atomic mass is 10.1. The van der Waals surface area contributed by atoms with Crippen molar-refractivity contribution in [2.75, 3.05) is 43.1 Å². The van der Waals surface area contributed by atoms with E-state index in [1.54, 1.807) is 19.6 Å². The second kappa shape index (κ2) is 9.71. The standard InChI is InChI=1S/C18H22N6O.C2HF3O2/c1-3-13-9-20-17-16(13)18(22-12-21-17)24-6-4-23(5-7-24)14-8-15(25-2)11-19-10-14;3-2(4,5)1(6)7/h8-12H,3-7H2,1-2H3,(H,20,21,22);(H,6,7). The van der Waals surface area contributed by atoms with Gasteiger partial charge in [0.1, 0.15) is 23.5 Å². The van der Waals surface area contributed by atoms with Crippen molar-refractivity contribution in [1.29, 1.82) is 0 Å². The summed E-state index contributed by atoms with van der Waals surface area (Å²) >= 11 is 0. The number of alkyl halides is 3. The van der Waals surface area contributed by atoms with Crippen molar-refractivity contribution in [3.8, 4) is 5.75 Å². The van der Waals surface area contributed by atoms with Crippen molar-refractivity contribution >= 4 is 28.5 Å². The molecule has 32 heavy (non-hydrogen) atoms. The third-order valence-corrected chi connectivity index (χ3v) is 5.03. The van der Waals surface area contributed by atoms with E-state index in [0.717, 1.165) is 60.9 Å². The van der Waals surface area contributed by atoms with Crippen LogP contribution in [0.5, 0.6) is 5.75 Å². The Bertz CT molecular complexity index is 1060. The number of aromatic amines is 1. The number of aromatic nitrogens is 4. The number of hydrogen-bond donors (Lipinski definition) is 2. The number of nitrogens with zero attached hydrogens (tertiary/aromatic N) is 5. The third-order valence-electron chi connectivity index (χ3n) is 5.03. The lowest BCUT2D eigenvalue weighted by Crippen LogP contribution is -2.47. The van der Waals surface area contributed by atoms with Crippen LogP contribution in [0.2, 0.25) is 0 Å². The highest BCUT2D eigenvalue weighted by atomic mass is 19.4. The zero-order chi connectivity index (χ0) is 23.3. The first-order chi connectivity index (χ1) is 15.2. The van der Waals surface area contributed by atoms with Gasteiger partial charge in [-0.15, -0.1) is 0 Å². The molecule has 1 aliphatic rings. The quantitative estimate of drug-likeness (QED) is 0.622. The summed E-state index contributed by atoms with van der Waals surface area (Å²) in [6.45, 7) is 5.83. The van der Waals surface area contributed by atoms with Crippen LogP contribution in [0.15, 0.2) is 31.0 Å². The number of fused-ring (bicyclic) bond motifs is 1. The van der Waals surface area contributed by atoms with Gasteiger partial charge in [-0.1, -0.05) is 6.92 Å². The summed E-state index contributed by atoms with van der Waals surface area (Å²) in [6, 6.07) is 2.03. The van der Waals surface area contributed by atoms with Gasteiger partial charge in [-0.2, -0.15) is 13.2 Å². The van der Waals surface area contributed by atoms with Crippen molar-refractivity contribution in [2.24, 2.45) is 0 Å². The van der Waals surface area contributed by atoms with E-state index in [2.05, 4.69) is 36.7 Å². The van der Waals surface area contributed by atoms with Gasteiger partial charge in [0, 0.05) is 38.4 Å². The first kappa shape index (κ1) is 23.1. The van der Waals surface area contributed by atoms with Crippen LogP contribution in [-0.2, 0) is 11.2 Å². The highest BCUT2D eigenvalue weighted by Gasteiger charge is 2.38. The zero-order valence-electron chi connectivity index (χ0n) is 17.6. The van der Waals surface area contributed by atoms with E-state index < -0.39 is 12.1 Å². The van der Waals surface area contributed by atoms with Crippen LogP contribution in [0.4, 0.5) is 24.7 Å². The lowest BCUT2D eigenvalue weighted by Gasteiger charge is -2.36. The highest BCUT2D eigenvalue weighted by Crippen LogP contribution is 2.28. The second-order valence-electron chi connectivity index (χ2n) is 6.95. The Morgan fingerprint density at radius 2 is 1.84 bits per heavy atom. The largest absolute Gasteiger partial charge is 0.495 e. The number of anilines is 2. The van der Waals surface area contributed by atoms with Gasteiger partial charge >= 0.3 is 12.1 Å². The Labute approximate surface area is 181 Å². The molecule has 0 spiro atoms. The molecule has 0 atom stereocenters. The maximum atomic E-state index is 10.6. The molecule has 0 radical (unpaired) electrons. The number of halogens is 3. The predicted octanol–water partition coefficient (Wildman–Crippen LogP) is 2.88. The lowest BCUT2D eigenvalue weighted by molar-refractivity contribution is -0.192. The fourth-order valence-corrected chi connectivity index (χ4v) is 3.40. The number of piperazine rings is 1. The molecular formula is C20H23F3N6O3. The Hall–Kier alpha value is -3.57. The van der Waals surface area contributed by atoms with Crippen LogP contribution in [0, 0.1) is 0 Å². The topological polar surface area (TPSA) is 107 Å². The summed E-state index contributed by atoms with van der Waals surface area (Å²) in [5.74, 6) is -0.934. The molecule has 1 saturated heterocycles. The Balaban J connectivity index is 0.000000360. The minimum Gasteiger partial charge on any atom is -0.495 e. The number of H-pyrrole nitrogens is 1. The number of carbonyl (C=O) groups is 1. The number of aliphatic carboxylic acids is 1. The van der Waals surface area contributed by atoms with E-state index in [0.29, 0.717) is 0 Å². The normalized spacial score (nSPS) is 14.2. The van der Waals surface area contributed by atoms with Crippen LogP contribution in [-0.4, -0.2) is 70.5 Å². The number of aryl methyl sites for hydroxylation is 1. The summed E-state index contributed by atoms with van der Waals surface area (Å²) in [5, 5.41) is 8.28. The monoisotopic (exact) mass is 452 g/mol. The Morgan fingerprint density at radius 3 is 2.44 bits per heavy atom. The van der Waals surface area contributed by atoms with Crippen molar-refractivity contribution in [3.63, 3.8) is 0 Å².